The molecule has 0 radical (unpaired) electrons. The first-order chi connectivity index (χ1) is 13.0. The Labute approximate surface area is 171 Å². The molecule has 1 atom stereocenters. The molecule has 1 aromatic heterocycles. The van der Waals surface area contributed by atoms with Gasteiger partial charge in [-0.15, -0.1) is 0 Å². The van der Waals surface area contributed by atoms with Crippen molar-refractivity contribution < 1.29 is 9.53 Å². The highest BCUT2D eigenvalue weighted by Gasteiger charge is 2.17. The number of nitrogens with one attached hydrogen (secondary N) is 1. The highest BCUT2D eigenvalue weighted by atomic mass is 35.5. The molecule has 0 fully saturated rings. The van der Waals surface area contributed by atoms with Gasteiger partial charge in [0, 0.05) is 6.07 Å². The first kappa shape index (κ1) is 19.5. The van der Waals surface area contributed by atoms with Gasteiger partial charge >= 0.3 is 0 Å². The molecule has 0 spiro atoms. The molecule has 1 heterocycles. The van der Waals surface area contributed by atoms with Crippen molar-refractivity contribution in [2.45, 2.75) is 12.6 Å². The number of rotatable bonds is 7. The van der Waals surface area contributed by atoms with Gasteiger partial charge in [0.1, 0.15) is 18.4 Å². The van der Waals surface area contributed by atoms with E-state index in [1.165, 1.54) is 18.5 Å². The van der Waals surface area contributed by atoms with Crippen LogP contribution in [0.4, 0.5) is 0 Å². The number of halogens is 3. The lowest BCUT2D eigenvalue weighted by Crippen LogP contribution is -2.35. The number of aromatic nitrogens is 3. The molecule has 3 rings (SSSR count). The fourth-order valence-corrected chi connectivity index (χ4v) is 3.02. The fourth-order valence-electron chi connectivity index (χ4n) is 2.43. The van der Waals surface area contributed by atoms with Crippen LogP contribution in [0.2, 0.25) is 15.1 Å². The second kappa shape index (κ2) is 9.08. The lowest BCUT2D eigenvalue weighted by Gasteiger charge is -2.19. The third-order valence-corrected chi connectivity index (χ3v) is 4.72. The monoisotopic (exact) mass is 424 g/mol. The highest BCUT2D eigenvalue weighted by molar-refractivity contribution is 6.43. The molecule has 0 saturated carbocycles. The smallest absolute Gasteiger partial charge is 0.258 e. The van der Waals surface area contributed by atoms with Gasteiger partial charge < -0.3 is 10.1 Å². The molecule has 0 aliphatic heterocycles. The van der Waals surface area contributed by atoms with Gasteiger partial charge in [0.05, 0.1) is 27.7 Å². The van der Waals surface area contributed by atoms with Crippen molar-refractivity contribution >= 4 is 40.7 Å². The molecule has 0 aliphatic rings. The van der Waals surface area contributed by atoms with E-state index in [1.807, 2.05) is 30.3 Å². The summed E-state index contributed by atoms with van der Waals surface area (Å²) < 4.78 is 7.13. The minimum Gasteiger partial charge on any atom is -0.482 e. The predicted molar refractivity (Wildman–Crippen MR) is 104 cm³/mol. The molecule has 3 aromatic rings. The highest BCUT2D eigenvalue weighted by Crippen LogP contribution is 2.33. The van der Waals surface area contributed by atoms with Crippen LogP contribution in [0.15, 0.2) is 55.1 Å². The minimum atomic E-state index is -0.314. The van der Waals surface area contributed by atoms with Crippen molar-refractivity contribution in [3.63, 3.8) is 0 Å². The number of carbonyl (C=O) groups excluding carboxylic acids is 1. The van der Waals surface area contributed by atoms with Gasteiger partial charge in [0.2, 0.25) is 0 Å². The van der Waals surface area contributed by atoms with Crippen molar-refractivity contribution in [3.8, 4) is 5.75 Å². The normalized spacial score (nSPS) is 11.8. The Morgan fingerprint density at radius 2 is 1.85 bits per heavy atom. The van der Waals surface area contributed by atoms with Crippen molar-refractivity contribution in [1.82, 2.24) is 20.1 Å². The Hall–Kier alpha value is -2.28. The molecule has 27 heavy (non-hydrogen) atoms. The summed E-state index contributed by atoms with van der Waals surface area (Å²) in [6, 6.07) is 12.2. The average molecular weight is 426 g/mol. The summed E-state index contributed by atoms with van der Waals surface area (Å²) in [6.45, 7) is 0.210. The van der Waals surface area contributed by atoms with Gasteiger partial charge in [-0.2, -0.15) is 5.10 Å². The molecule has 1 unspecified atom stereocenters. The van der Waals surface area contributed by atoms with Crippen LogP contribution in [-0.2, 0) is 11.3 Å². The minimum absolute atomic E-state index is 0.224. The van der Waals surface area contributed by atoms with Crippen molar-refractivity contribution in [1.29, 1.82) is 0 Å². The number of carbonyl (C=O) groups is 1. The van der Waals surface area contributed by atoms with Gasteiger partial charge in [-0.25, -0.2) is 4.98 Å². The van der Waals surface area contributed by atoms with E-state index in [-0.39, 0.29) is 29.3 Å². The van der Waals surface area contributed by atoms with Crippen LogP contribution < -0.4 is 10.1 Å². The quantitative estimate of drug-likeness (QED) is 0.577. The number of amides is 1. The van der Waals surface area contributed by atoms with E-state index in [4.69, 9.17) is 39.5 Å². The van der Waals surface area contributed by atoms with Crippen molar-refractivity contribution in [2.24, 2.45) is 0 Å². The third-order valence-electron chi connectivity index (χ3n) is 3.71. The lowest BCUT2D eigenvalue weighted by atomic mass is 10.1. The molecule has 0 bridgehead atoms. The van der Waals surface area contributed by atoms with Crippen LogP contribution >= 0.6 is 34.8 Å². The van der Waals surface area contributed by atoms with Crippen LogP contribution in [0.3, 0.4) is 0 Å². The molecule has 0 aliphatic carbocycles. The Kier molecular flexibility index (Phi) is 6.55. The largest absolute Gasteiger partial charge is 0.482 e. The molecular weight excluding hydrogens is 411 g/mol. The molecule has 2 aromatic carbocycles. The standard InChI is InChI=1S/C18H15Cl3N4O2/c19-13-6-15(21)17(7-14(13)20)27-9-18(26)24-16(8-25-11-22-10-23-25)12-4-2-1-3-5-12/h1-7,10-11,16H,8-9H2,(H,24,26). The van der Waals surface area contributed by atoms with E-state index in [0.717, 1.165) is 5.56 Å². The first-order valence-electron chi connectivity index (χ1n) is 7.97. The number of benzene rings is 2. The summed E-state index contributed by atoms with van der Waals surface area (Å²) in [7, 11) is 0. The molecule has 1 N–H and O–H groups in total. The van der Waals surface area contributed by atoms with Gasteiger partial charge in [-0.1, -0.05) is 65.1 Å². The third kappa shape index (κ3) is 5.35. The van der Waals surface area contributed by atoms with Crippen LogP contribution in [0, 0.1) is 0 Å². The zero-order chi connectivity index (χ0) is 19.2. The van der Waals surface area contributed by atoms with Gasteiger partial charge in [0.15, 0.2) is 6.61 Å². The van der Waals surface area contributed by atoms with Crippen LogP contribution in [0.25, 0.3) is 0 Å². The fraction of sp³-hybridized carbons (Fsp3) is 0.167. The van der Waals surface area contributed by atoms with Crippen molar-refractivity contribution in [3.05, 3.63) is 75.8 Å². The second-order valence-electron chi connectivity index (χ2n) is 5.63. The number of nitrogens with zero attached hydrogens (tertiary/aromatic N) is 3. The Morgan fingerprint density at radius 1 is 1.11 bits per heavy atom. The topological polar surface area (TPSA) is 69.0 Å². The zero-order valence-corrected chi connectivity index (χ0v) is 16.2. The number of ether oxygens (including phenoxy) is 1. The first-order valence-corrected chi connectivity index (χ1v) is 9.10. The van der Waals surface area contributed by atoms with E-state index in [0.29, 0.717) is 16.6 Å². The van der Waals surface area contributed by atoms with Gasteiger partial charge in [-0.05, 0) is 11.6 Å². The van der Waals surface area contributed by atoms with Crippen LogP contribution in [0.5, 0.6) is 5.75 Å². The van der Waals surface area contributed by atoms with E-state index in [1.54, 1.807) is 11.0 Å². The van der Waals surface area contributed by atoms with E-state index in [2.05, 4.69) is 15.4 Å². The van der Waals surface area contributed by atoms with E-state index >= 15 is 0 Å². The molecule has 140 valence electrons. The Bertz CT molecular complexity index is 904. The maximum atomic E-state index is 12.4. The van der Waals surface area contributed by atoms with Crippen molar-refractivity contribution in [2.75, 3.05) is 6.61 Å². The van der Waals surface area contributed by atoms with Crippen LogP contribution in [-0.4, -0.2) is 27.3 Å². The number of hydrogen-bond acceptors (Lipinski definition) is 4. The van der Waals surface area contributed by atoms with E-state index < -0.39 is 0 Å². The van der Waals surface area contributed by atoms with Gasteiger partial charge in [-0.3, -0.25) is 9.48 Å². The molecule has 6 nitrogen and oxygen atoms in total. The summed E-state index contributed by atoms with van der Waals surface area (Å²) in [6.07, 6.45) is 3.04. The molecule has 9 heteroatoms. The van der Waals surface area contributed by atoms with Gasteiger partial charge in [0.25, 0.3) is 5.91 Å². The summed E-state index contributed by atoms with van der Waals surface area (Å²) in [5.41, 5.74) is 0.939. The summed E-state index contributed by atoms with van der Waals surface area (Å²) in [5, 5.41) is 7.91. The summed E-state index contributed by atoms with van der Waals surface area (Å²) >= 11 is 17.9. The Morgan fingerprint density at radius 3 is 2.56 bits per heavy atom. The lowest BCUT2D eigenvalue weighted by molar-refractivity contribution is -0.124. The predicted octanol–water partition coefficient (Wildman–Crippen LogP) is 4.17. The molecule has 1 amide bonds. The van der Waals surface area contributed by atoms with Crippen LogP contribution in [0.1, 0.15) is 11.6 Å². The molecule has 0 saturated heterocycles. The zero-order valence-electron chi connectivity index (χ0n) is 14.0. The Balaban J connectivity index is 1.66. The summed E-state index contributed by atoms with van der Waals surface area (Å²) in [4.78, 5) is 16.3. The molecular formula is C18H15Cl3N4O2. The summed E-state index contributed by atoms with van der Waals surface area (Å²) in [5.74, 6) is -0.0279. The van der Waals surface area contributed by atoms with E-state index in [9.17, 15) is 4.79 Å². The maximum absolute atomic E-state index is 12.4. The maximum Gasteiger partial charge on any atom is 0.258 e. The second-order valence-corrected chi connectivity index (χ2v) is 6.86. The average Bonchev–Trinajstić information content (AvgIpc) is 3.17. The number of hydrogen-bond donors (Lipinski definition) is 1. The SMILES string of the molecule is O=C(COc1cc(Cl)c(Cl)cc1Cl)NC(Cn1cncn1)c1ccccc1.